The van der Waals surface area contributed by atoms with Crippen LogP contribution in [0.1, 0.15) is 42.7 Å². The second-order valence-electron chi connectivity index (χ2n) is 8.89. The molecular formula is C29H24F2N2O2. The third-order valence-electron chi connectivity index (χ3n) is 6.68. The van der Waals surface area contributed by atoms with Crippen LogP contribution in [0.3, 0.4) is 0 Å². The van der Waals surface area contributed by atoms with Gasteiger partial charge in [-0.05, 0) is 42.5 Å². The number of carbonyl (C=O) groups excluding carboxylic acids is 2. The minimum absolute atomic E-state index is 0.0297. The van der Waals surface area contributed by atoms with E-state index in [1.807, 2.05) is 60.7 Å². The lowest BCUT2D eigenvalue weighted by Crippen LogP contribution is -2.37. The molecule has 0 aromatic heterocycles. The van der Waals surface area contributed by atoms with Crippen LogP contribution in [0.25, 0.3) is 0 Å². The average Bonchev–Trinajstić information content (AvgIpc) is 2.86. The van der Waals surface area contributed by atoms with Crippen molar-refractivity contribution in [1.82, 2.24) is 5.32 Å². The van der Waals surface area contributed by atoms with Crippen molar-refractivity contribution >= 4 is 17.4 Å². The Kier molecular flexibility index (Phi) is 6.03. The van der Waals surface area contributed by atoms with Crippen molar-refractivity contribution in [3.05, 3.63) is 124 Å². The number of amides is 1. The molecule has 35 heavy (non-hydrogen) atoms. The van der Waals surface area contributed by atoms with Gasteiger partial charge in [-0.15, -0.1) is 0 Å². The average molecular weight is 471 g/mol. The van der Waals surface area contributed by atoms with E-state index in [2.05, 4.69) is 10.6 Å². The molecular weight excluding hydrogens is 446 g/mol. The van der Waals surface area contributed by atoms with E-state index in [4.69, 9.17) is 0 Å². The first-order valence-electron chi connectivity index (χ1n) is 11.5. The van der Waals surface area contributed by atoms with Gasteiger partial charge in [-0.1, -0.05) is 66.7 Å². The number of hydrogen-bond donors (Lipinski definition) is 2. The number of rotatable bonds is 4. The zero-order valence-corrected chi connectivity index (χ0v) is 19.1. The molecule has 1 aliphatic heterocycles. The Hall–Kier alpha value is -4.06. The van der Waals surface area contributed by atoms with E-state index in [-0.39, 0.29) is 17.3 Å². The smallest absolute Gasteiger partial charge is 0.254 e. The Bertz CT molecular complexity index is 1340. The Balaban J connectivity index is 1.56. The number of nitrogens with one attached hydrogen (secondary N) is 2. The molecule has 0 radical (unpaired) electrons. The maximum absolute atomic E-state index is 14.3. The van der Waals surface area contributed by atoms with E-state index in [1.165, 1.54) is 6.07 Å². The van der Waals surface area contributed by atoms with Gasteiger partial charge in [0.1, 0.15) is 17.3 Å². The van der Waals surface area contributed by atoms with Crippen molar-refractivity contribution in [2.24, 2.45) is 0 Å². The van der Waals surface area contributed by atoms with Crippen molar-refractivity contribution < 1.29 is 18.4 Å². The zero-order valence-electron chi connectivity index (χ0n) is 19.1. The van der Waals surface area contributed by atoms with E-state index in [9.17, 15) is 18.4 Å². The SMILES string of the molecule is CC1=C(C(=O)Nc2c(F)cccc2F)C(c2ccccc2)C2=C(CC(c3ccccc3)CC2=O)N1. The van der Waals surface area contributed by atoms with Crippen LogP contribution in [0.4, 0.5) is 14.5 Å². The van der Waals surface area contributed by atoms with Crippen molar-refractivity contribution in [1.29, 1.82) is 0 Å². The van der Waals surface area contributed by atoms with E-state index in [1.54, 1.807) is 6.92 Å². The third-order valence-corrected chi connectivity index (χ3v) is 6.68. The molecule has 2 N–H and O–H groups in total. The maximum Gasteiger partial charge on any atom is 0.254 e. The minimum Gasteiger partial charge on any atom is -0.362 e. The summed E-state index contributed by atoms with van der Waals surface area (Å²) in [5, 5.41) is 5.69. The first-order valence-corrected chi connectivity index (χ1v) is 11.5. The molecule has 2 atom stereocenters. The van der Waals surface area contributed by atoms with Crippen LogP contribution in [0.15, 0.2) is 101 Å². The van der Waals surface area contributed by atoms with Gasteiger partial charge < -0.3 is 10.6 Å². The number of ketones is 1. The second-order valence-corrected chi connectivity index (χ2v) is 8.89. The van der Waals surface area contributed by atoms with Crippen LogP contribution in [0, 0.1) is 11.6 Å². The second kappa shape index (κ2) is 9.29. The first-order chi connectivity index (χ1) is 16.9. The van der Waals surface area contributed by atoms with Crippen molar-refractivity contribution in [3.8, 4) is 0 Å². The van der Waals surface area contributed by atoms with E-state index in [0.717, 1.165) is 29.0 Å². The standard InChI is InChI=1S/C29H24F2N2O2/c1-17-25(29(35)33-28-21(30)13-8-14-22(28)31)26(19-11-6-3-7-12-19)27-23(32-17)15-20(16-24(27)34)18-9-4-2-5-10-18/h2-14,20,26,32H,15-16H2,1H3,(H,33,35). The maximum atomic E-state index is 14.3. The summed E-state index contributed by atoms with van der Waals surface area (Å²) in [6, 6.07) is 22.6. The monoisotopic (exact) mass is 470 g/mol. The van der Waals surface area contributed by atoms with Gasteiger partial charge in [-0.2, -0.15) is 0 Å². The highest BCUT2D eigenvalue weighted by atomic mass is 19.1. The fraction of sp³-hybridized carbons (Fsp3) is 0.172. The summed E-state index contributed by atoms with van der Waals surface area (Å²) >= 11 is 0. The van der Waals surface area contributed by atoms with Crippen LogP contribution in [0.5, 0.6) is 0 Å². The van der Waals surface area contributed by atoms with Crippen LogP contribution >= 0.6 is 0 Å². The molecule has 4 nitrogen and oxygen atoms in total. The number of halogens is 2. The van der Waals surface area contributed by atoms with Gasteiger partial charge in [-0.3, -0.25) is 9.59 Å². The van der Waals surface area contributed by atoms with Gasteiger partial charge in [0.05, 0.1) is 0 Å². The Morgan fingerprint density at radius 1 is 0.857 bits per heavy atom. The molecule has 2 aliphatic rings. The summed E-state index contributed by atoms with van der Waals surface area (Å²) in [5.74, 6) is -3.05. The van der Waals surface area contributed by atoms with E-state index >= 15 is 0 Å². The molecule has 176 valence electrons. The number of benzene rings is 3. The summed E-state index contributed by atoms with van der Waals surface area (Å²) in [5.41, 5.74) is 3.49. The number of para-hydroxylation sites is 1. The van der Waals surface area contributed by atoms with Gasteiger partial charge >= 0.3 is 0 Å². The molecule has 5 rings (SSSR count). The van der Waals surface area contributed by atoms with Crippen molar-refractivity contribution in [2.45, 2.75) is 31.6 Å². The molecule has 1 heterocycles. The number of dihydropyridines is 1. The fourth-order valence-corrected chi connectivity index (χ4v) is 5.08. The van der Waals surface area contributed by atoms with Crippen molar-refractivity contribution in [3.63, 3.8) is 0 Å². The quantitative estimate of drug-likeness (QED) is 0.494. The summed E-state index contributed by atoms with van der Waals surface area (Å²) in [4.78, 5) is 27.0. The molecule has 2 unspecified atom stereocenters. The third kappa shape index (κ3) is 4.28. The highest BCUT2D eigenvalue weighted by Gasteiger charge is 2.41. The van der Waals surface area contributed by atoms with Crippen LogP contribution in [0.2, 0.25) is 0 Å². The molecule has 3 aromatic carbocycles. The molecule has 0 spiro atoms. The van der Waals surface area contributed by atoms with Crippen molar-refractivity contribution in [2.75, 3.05) is 5.32 Å². The first kappa shape index (κ1) is 22.7. The molecule has 0 saturated heterocycles. The zero-order chi connectivity index (χ0) is 24.5. The normalized spacial score (nSPS) is 19.8. The van der Waals surface area contributed by atoms with Gasteiger partial charge in [0.15, 0.2) is 5.78 Å². The summed E-state index contributed by atoms with van der Waals surface area (Å²) in [6.07, 6.45) is 0.951. The van der Waals surface area contributed by atoms with Crippen LogP contribution < -0.4 is 10.6 Å². The number of Topliss-reactive ketones (excluding diaryl/α,β-unsaturated/α-hetero) is 1. The highest BCUT2D eigenvalue weighted by molar-refractivity contribution is 6.10. The number of hydrogen-bond acceptors (Lipinski definition) is 3. The van der Waals surface area contributed by atoms with Crippen LogP contribution in [-0.2, 0) is 9.59 Å². The number of allylic oxidation sites excluding steroid dienone is 3. The Morgan fingerprint density at radius 3 is 2.09 bits per heavy atom. The molecule has 0 saturated carbocycles. The molecule has 0 bridgehead atoms. The summed E-state index contributed by atoms with van der Waals surface area (Å²) < 4.78 is 28.6. The predicted molar refractivity (Wildman–Crippen MR) is 130 cm³/mol. The Labute approximate surface area is 202 Å². The molecule has 3 aromatic rings. The van der Waals surface area contributed by atoms with E-state index in [0.29, 0.717) is 24.1 Å². The summed E-state index contributed by atoms with van der Waals surface area (Å²) in [7, 11) is 0. The van der Waals surface area contributed by atoms with Gasteiger partial charge in [0.25, 0.3) is 5.91 Å². The van der Waals surface area contributed by atoms with Gasteiger partial charge in [0.2, 0.25) is 0 Å². The Morgan fingerprint density at radius 2 is 1.46 bits per heavy atom. The highest BCUT2D eigenvalue weighted by Crippen LogP contribution is 2.45. The molecule has 1 aliphatic carbocycles. The van der Waals surface area contributed by atoms with Crippen LogP contribution in [-0.4, -0.2) is 11.7 Å². The molecule has 0 fully saturated rings. The number of anilines is 1. The largest absolute Gasteiger partial charge is 0.362 e. The van der Waals surface area contributed by atoms with Gasteiger partial charge in [0, 0.05) is 34.9 Å². The lowest BCUT2D eigenvalue weighted by Gasteiger charge is -2.37. The molecule has 6 heteroatoms. The topological polar surface area (TPSA) is 58.2 Å². The summed E-state index contributed by atoms with van der Waals surface area (Å²) in [6.45, 7) is 1.75. The van der Waals surface area contributed by atoms with Gasteiger partial charge in [-0.25, -0.2) is 8.78 Å². The fourth-order valence-electron chi connectivity index (χ4n) is 5.08. The lowest BCUT2D eigenvalue weighted by molar-refractivity contribution is -0.116. The predicted octanol–water partition coefficient (Wildman–Crippen LogP) is 5.97. The van der Waals surface area contributed by atoms with E-state index < -0.39 is 29.1 Å². The lowest BCUT2D eigenvalue weighted by atomic mass is 9.71. The minimum atomic E-state index is -0.865. The number of carbonyl (C=O) groups is 2. The molecule has 1 amide bonds.